The van der Waals surface area contributed by atoms with Crippen molar-refractivity contribution in [3.63, 3.8) is 0 Å². The van der Waals surface area contributed by atoms with E-state index in [1.165, 1.54) is 14.1 Å². The number of rotatable bonds is 5. The van der Waals surface area contributed by atoms with Crippen molar-refractivity contribution in [2.75, 3.05) is 5.75 Å². The average Bonchev–Trinajstić information content (AvgIpc) is 2.56. The van der Waals surface area contributed by atoms with Crippen molar-refractivity contribution in [2.45, 2.75) is 11.6 Å². The summed E-state index contributed by atoms with van der Waals surface area (Å²) in [7, 11) is 2.77. The fraction of sp³-hybridized carbons (Fsp3) is 0.286. The number of ether oxygens (including phenoxy) is 1. The van der Waals surface area contributed by atoms with Crippen molar-refractivity contribution in [1.82, 2.24) is 14.3 Å². The maximum Gasteiger partial charge on any atom is 0.346 e. The molecule has 0 fully saturated rings. The topological polar surface area (TPSA) is 83.2 Å². The monoisotopic (exact) mass is 389 g/mol. The van der Waals surface area contributed by atoms with Gasteiger partial charge in [-0.3, -0.25) is 14.2 Å². The van der Waals surface area contributed by atoms with Gasteiger partial charge in [-0.2, -0.15) is 5.10 Å². The maximum absolute atomic E-state index is 11.9. The Morgan fingerprint density at radius 1 is 1.25 bits per heavy atom. The molecule has 2 rings (SSSR count). The molecule has 1 heterocycles. The SMILES string of the molecule is Cn1nc(SCC(=O)OCc2ccc(Cl)c(Cl)c2)c(=O)n(C)c1=O. The molecule has 7 nitrogen and oxygen atoms in total. The highest BCUT2D eigenvalue weighted by molar-refractivity contribution is 7.99. The lowest BCUT2D eigenvalue weighted by Crippen LogP contribution is -2.39. The zero-order valence-corrected chi connectivity index (χ0v) is 15.1. The van der Waals surface area contributed by atoms with Gasteiger partial charge in [-0.15, -0.1) is 0 Å². The van der Waals surface area contributed by atoms with Crippen LogP contribution in [0.3, 0.4) is 0 Å². The van der Waals surface area contributed by atoms with Crippen LogP contribution in [0.15, 0.2) is 32.8 Å². The zero-order chi connectivity index (χ0) is 17.9. The summed E-state index contributed by atoms with van der Waals surface area (Å²) in [6.07, 6.45) is 0. The minimum Gasteiger partial charge on any atom is -0.460 e. The molecule has 2 aromatic rings. The minimum absolute atomic E-state index is 0.0367. The van der Waals surface area contributed by atoms with E-state index in [1.54, 1.807) is 18.2 Å². The van der Waals surface area contributed by atoms with Gasteiger partial charge in [-0.05, 0) is 17.7 Å². The first-order valence-corrected chi connectivity index (χ1v) is 8.40. The molecule has 0 aliphatic heterocycles. The molecule has 0 atom stereocenters. The Bertz CT molecular complexity index is 895. The van der Waals surface area contributed by atoms with Gasteiger partial charge in [-0.25, -0.2) is 9.48 Å². The quantitative estimate of drug-likeness (QED) is 0.570. The van der Waals surface area contributed by atoms with Crippen LogP contribution >= 0.6 is 35.0 Å². The lowest BCUT2D eigenvalue weighted by Gasteiger charge is -2.07. The van der Waals surface area contributed by atoms with E-state index in [9.17, 15) is 14.4 Å². The fourth-order valence-corrected chi connectivity index (χ4v) is 2.82. The highest BCUT2D eigenvalue weighted by Crippen LogP contribution is 2.23. The van der Waals surface area contributed by atoms with Crippen LogP contribution in [0.5, 0.6) is 0 Å². The summed E-state index contributed by atoms with van der Waals surface area (Å²) in [5, 5.41) is 4.67. The van der Waals surface area contributed by atoms with Gasteiger partial charge < -0.3 is 4.74 Å². The van der Waals surface area contributed by atoms with E-state index >= 15 is 0 Å². The smallest absolute Gasteiger partial charge is 0.346 e. The Hall–Kier alpha value is -1.77. The summed E-state index contributed by atoms with van der Waals surface area (Å²) in [5.41, 5.74) is -0.397. The van der Waals surface area contributed by atoms with Crippen LogP contribution in [0.25, 0.3) is 0 Å². The van der Waals surface area contributed by atoms with E-state index in [2.05, 4.69) is 5.10 Å². The van der Waals surface area contributed by atoms with Gasteiger partial charge in [0, 0.05) is 14.1 Å². The molecule has 0 amide bonds. The number of aromatic nitrogens is 3. The van der Waals surface area contributed by atoms with Crippen LogP contribution in [-0.2, 0) is 30.2 Å². The molecule has 1 aromatic heterocycles. The first-order chi connectivity index (χ1) is 11.3. The lowest BCUT2D eigenvalue weighted by atomic mass is 10.2. The second-order valence-corrected chi connectivity index (χ2v) is 6.55. The Labute approximate surface area is 151 Å². The third-order valence-electron chi connectivity index (χ3n) is 3.00. The van der Waals surface area contributed by atoms with E-state index < -0.39 is 17.2 Å². The number of nitrogens with zero attached hydrogens (tertiary/aromatic N) is 3. The number of hydrogen-bond acceptors (Lipinski definition) is 6. The van der Waals surface area contributed by atoms with E-state index in [4.69, 9.17) is 27.9 Å². The molecule has 24 heavy (non-hydrogen) atoms. The molecule has 0 spiro atoms. The van der Waals surface area contributed by atoms with Crippen LogP contribution < -0.4 is 11.2 Å². The molecule has 0 unspecified atom stereocenters. The number of hydrogen-bond donors (Lipinski definition) is 0. The highest BCUT2D eigenvalue weighted by atomic mass is 35.5. The van der Waals surface area contributed by atoms with Crippen molar-refractivity contribution >= 4 is 40.9 Å². The predicted octanol–water partition coefficient (Wildman–Crippen LogP) is 1.62. The molecule has 10 heteroatoms. The highest BCUT2D eigenvalue weighted by Gasteiger charge is 2.12. The normalized spacial score (nSPS) is 10.7. The summed E-state index contributed by atoms with van der Waals surface area (Å²) >= 11 is 12.6. The van der Waals surface area contributed by atoms with E-state index in [0.29, 0.717) is 15.6 Å². The Kier molecular flexibility index (Phi) is 6.09. The third-order valence-corrected chi connectivity index (χ3v) is 4.65. The largest absolute Gasteiger partial charge is 0.460 e. The Morgan fingerprint density at radius 3 is 2.62 bits per heavy atom. The van der Waals surface area contributed by atoms with Gasteiger partial charge in [0.2, 0.25) is 0 Å². The molecule has 0 N–H and O–H groups in total. The van der Waals surface area contributed by atoms with E-state index in [1.807, 2.05) is 0 Å². The molecule has 0 radical (unpaired) electrons. The molecule has 0 saturated carbocycles. The number of carbonyl (C=O) groups excluding carboxylic acids is 1. The number of benzene rings is 1. The van der Waals surface area contributed by atoms with Gasteiger partial charge in [0.1, 0.15) is 6.61 Å². The number of thioether (sulfide) groups is 1. The summed E-state index contributed by atoms with van der Waals surface area (Å²) in [5.74, 6) is -0.634. The first kappa shape index (κ1) is 18.6. The van der Waals surface area contributed by atoms with Crippen molar-refractivity contribution < 1.29 is 9.53 Å². The zero-order valence-electron chi connectivity index (χ0n) is 12.8. The molecule has 1 aromatic carbocycles. The van der Waals surface area contributed by atoms with Gasteiger partial charge in [0.05, 0.1) is 15.8 Å². The Morgan fingerprint density at radius 2 is 1.96 bits per heavy atom. The summed E-state index contributed by atoms with van der Waals surface area (Å²) in [4.78, 5) is 35.2. The van der Waals surface area contributed by atoms with Gasteiger partial charge in [-0.1, -0.05) is 41.0 Å². The van der Waals surface area contributed by atoms with Crippen LogP contribution in [0.4, 0.5) is 0 Å². The Balaban J connectivity index is 1.95. The standard InChI is InChI=1S/C14H13Cl2N3O4S/c1-18-13(21)12(17-19(2)14(18)22)24-7-11(20)23-6-8-3-4-9(15)10(16)5-8/h3-5H,6-7H2,1-2H3. The van der Waals surface area contributed by atoms with Crippen molar-refractivity contribution in [2.24, 2.45) is 14.1 Å². The second-order valence-electron chi connectivity index (χ2n) is 4.77. The summed E-state index contributed by atoms with van der Waals surface area (Å²) < 4.78 is 7.06. The van der Waals surface area contributed by atoms with Crippen LogP contribution in [-0.4, -0.2) is 26.1 Å². The summed E-state index contributed by atoms with van der Waals surface area (Å²) in [6, 6.07) is 4.91. The lowest BCUT2D eigenvalue weighted by molar-refractivity contribution is -0.141. The van der Waals surface area contributed by atoms with E-state index in [-0.39, 0.29) is 17.4 Å². The van der Waals surface area contributed by atoms with Crippen LogP contribution in [0.1, 0.15) is 5.56 Å². The molecule has 0 aliphatic carbocycles. The first-order valence-electron chi connectivity index (χ1n) is 6.66. The number of halogens is 2. The number of esters is 1. The molecule has 0 aliphatic rings. The van der Waals surface area contributed by atoms with Gasteiger partial charge in [0.15, 0.2) is 5.03 Å². The fourth-order valence-electron chi connectivity index (χ4n) is 1.72. The van der Waals surface area contributed by atoms with Crippen molar-refractivity contribution in [1.29, 1.82) is 0 Å². The molecule has 128 valence electrons. The van der Waals surface area contributed by atoms with Gasteiger partial charge >= 0.3 is 11.7 Å². The third kappa shape index (κ3) is 4.40. The number of carbonyl (C=O) groups is 1. The molecule has 0 saturated heterocycles. The second kappa shape index (κ2) is 7.87. The average molecular weight is 390 g/mol. The van der Waals surface area contributed by atoms with E-state index in [0.717, 1.165) is 21.0 Å². The summed E-state index contributed by atoms with van der Waals surface area (Å²) in [6.45, 7) is 0.0367. The predicted molar refractivity (Wildman–Crippen MR) is 91.7 cm³/mol. The maximum atomic E-state index is 11.9. The molecular formula is C14H13Cl2N3O4S. The minimum atomic E-state index is -0.555. The molecular weight excluding hydrogens is 377 g/mol. The van der Waals surface area contributed by atoms with Gasteiger partial charge in [0.25, 0.3) is 5.56 Å². The number of aryl methyl sites for hydroxylation is 1. The van der Waals surface area contributed by atoms with Crippen LogP contribution in [0.2, 0.25) is 10.0 Å². The van der Waals surface area contributed by atoms with Crippen molar-refractivity contribution in [3.05, 3.63) is 54.6 Å². The van der Waals surface area contributed by atoms with Crippen LogP contribution in [0, 0.1) is 0 Å². The van der Waals surface area contributed by atoms with Crippen molar-refractivity contribution in [3.8, 4) is 0 Å². The molecule has 0 bridgehead atoms.